The lowest BCUT2D eigenvalue weighted by atomic mass is 10.4. The van der Waals surface area contributed by atoms with E-state index in [2.05, 4.69) is 12.2 Å². The average Bonchev–Trinajstić information content (AvgIpc) is 2.21. The second-order valence-electron chi connectivity index (χ2n) is 3.14. The van der Waals surface area contributed by atoms with Crippen LogP contribution in [0, 0.1) is 0 Å². The summed E-state index contributed by atoms with van der Waals surface area (Å²) >= 11 is 1.94. The van der Waals surface area contributed by atoms with Crippen molar-refractivity contribution in [3.8, 4) is 0 Å². The molecule has 0 rings (SSSR count). The maximum Gasteiger partial charge on any atom is 0.236 e. The first-order valence-electron chi connectivity index (χ1n) is 5.24. The largest absolute Gasteiger partial charge is 0.345 e. The van der Waals surface area contributed by atoms with Crippen molar-refractivity contribution < 1.29 is 4.79 Å². The predicted molar refractivity (Wildman–Crippen MR) is 63.8 cm³/mol. The van der Waals surface area contributed by atoms with Crippen molar-refractivity contribution in [2.45, 2.75) is 20.3 Å². The number of hydrogen-bond donors (Lipinski definition) is 1. The van der Waals surface area contributed by atoms with E-state index in [-0.39, 0.29) is 5.91 Å². The Kier molecular flexibility index (Phi) is 9.19. The van der Waals surface area contributed by atoms with Crippen molar-refractivity contribution >= 4 is 17.7 Å². The number of carbonyl (C=O) groups excluding carboxylic acids is 1. The minimum absolute atomic E-state index is 0.177. The summed E-state index contributed by atoms with van der Waals surface area (Å²) in [4.78, 5) is 13.1. The fourth-order valence-corrected chi connectivity index (χ4v) is 1.59. The van der Waals surface area contributed by atoms with Crippen molar-refractivity contribution in [3.05, 3.63) is 0 Å². The van der Waals surface area contributed by atoms with Crippen molar-refractivity contribution in [3.63, 3.8) is 0 Å². The number of hydrogen-bond acceptors (Lipinski definition) is 3. The number of nitrogens with zero attached hydrogens (tertiary/aromatic N) is 1. The summed E-state index contributed by atoms with van der Waals surface area (Å²) in [6, 6.07) is 0. The molecule has 0 aliphatic heterocycles. The Bertz CT molecular complexity index is 153. The molecule has 1 N–H and O–H groups in total. The Balaban J connectivity index is 3.23. The van der Waals surface area contributed by atoms with E-state index in [0.717, 1.165) is 19.5 Å². The van der Waals surface area contributed by atoms with Crippen LogP contribution in [0.3, 0.4) is 0 Å². The van der Waals surface area contributed by atoms with Crippen molar-refractivity contribution in [1.82, 2.24) is 10.2 Å². The van der Waals surface area contributed by atoms with Gasteiger partial charge in [0.2, 0.25) is 5.91 Å². The van der Waals surface area contributed by atoms with Crippen molar-refractivity contribution in [2.75, 3.05) is 38.2 Å². The maximum absolute atomic E-state index is 11.3. The van der Waals surface area contributed by atoms with Gasteiger partial charge in [-0.2, -0.15) is 11.8 Å². The van der Waals surface area contributed by atoms with Gasteiger partial charge < -0.3 is 10.2 Å². The zero-order valence-electron chi connectivity index (χ0n) is 9.51. The van der Waals surface area contributed by atoms with Crippen molar-refractivity contribution in [2.24, 2.45) is 0 Å². The van der Waals surface area contributed by atoms with E-state index < -0.39 is 0 Å². The lowest BCUT2D eigenvalue weighted by Crippen LogP contribution is -2.35. The first kappa shape index (κ1) is 13.8. The standard InChI is InChI=1S/C10H22N2OS/c1-4-12(3)10(13)9-11-7-6-8-14-5-2/h11H,4-9H2,1-3H3. The second kappa shape index (κ2) is 9.34. The molecule has 1 amide bonds. The highest BCUT2D eigenvalue weighted by Gasteiger charge is 2.04. The molecule has 0 fully saturated rings. The Hall–Kier alpha value is -0.220. The van der Waals surface area contributed by atoms with Gasteiger partial charge in [-0.25, -0.2) is 0 Å². The molecule has 0 bridgehead atoms. The minimum atomic E-state index is 0.177. The molecular formula is C10H22N2OS. The molecule has 14 heavy (non-hydrogen) atoms. The van der Waals surface area contributed by atoms with Crippen LogP contribution < -0.4 is 5.32 Å². The van der Waals surface area contributed by atoms with Gasteiger partial charge in [0.25, 0.3) is 0 Å². The van der Waals surface area contributed by atoms with Crippen LogP contribution in [0.1, 0.15) is 20.3 Å². The van der Waals surface area contributed by atoms with Crippen LogP contribution in [-0.4, -0.2) is 49.0 Å². The van der Waals surface area contributed by atoms with Gasteiger partial charge in [-0.15, -0.1) is 0 Å². The van der Waals surface area contributed by atoms with Gasteiger partial charge in [0.1, 0.15) is 0 Å². The molecule has 0 saturated carbocycles. The summed E-state index contributed by atoms with van der Waals surface area (Å²) in [6.45, 7) is 6.34. The molecule has 0 unspecified atom stereocenters. The molecule has 4 heteroatoms. The highest BCUT2D eigenvalue weighted by molar-refractivity contribution is 7.99. The van der Waals surface area contributed by atoms with Gasteiger partial charge in [0.15, 0.2) is 0 Å². The van der Waals surface area contributed by atoms with Crippen LogP contribution in [0.2, 0.25) is 0 Å². The Morgan fingerprint density at radius 1 is 1.43 bits per heavy atom. The molecule has 0 saturated heterocycles. The van der Waals surface area contributed by atoms with Crippen LogP contribution >= 0.6 is 11.8 Å². The fraction of sp³-hybridized carbons (Fsp3) is 0.900. The topological polar surface area (TPSA) is 32.3 Å². The number of likely N-dealkylation sites (N-methyl/N-ethyl adjacent to an activating group) is 1. The summed E-state index contributed by atoms with van der Waals surface area (Å²) in [7, 11) is 1.83. The van der Waals surface area contributed by atoms with E-state index in [1.807, 2.05) is 25.7 Å². The second-order valence-corrected chi connectivity index (χ2v) is 4.53. The highest BCUT2D eigenvalue weighted by Crippen LogP contribution is 1.99. The zero-order chi connectivity index (χ0) is 10.8. The van der Waals surface area contributed by atoms with E-state index in [4.69, 9.17) is 0 Å². The number of amides is 1. The Labute approximate surface area is 91.6 Å². The summed E-state index contributed by atoms with van der Waals surface area (Å²) < 4.78 is 0. The number of thioether (sulfide) groups is 1. The number of rotatable bonds is 8. The van der Waals surface area contributed by atoms with Crippen LogP contribution in [0.4, 0.5) is 0 Å². The van der Waals surface area contributed by atoms with Gasteiger partial charge in [-0.3, -0.25) is 4.79 Å². The van der Waals surface area contributed by atoms with E-state index in [0.29, 0.717) is 6.54 Å². The van der Waals surface area contributed by atoms with Crippen LogP contribution in [0.5, 0.6) is 0 Å². The van der Waals surface area contributed by atoms with Crippen LogP contribution in [0.15, 0.2) is 0 Å². The first-order valence-corrected chi connectivity index (χ1v) is 6.40. The molecule has 0 aliphatic rings. The number of carbonyl (C=O) groups is 1. The third-order valence-corrected chi connectivity index (χ3v) is 3.01. The predicted octanol–water partition coefficient (Wildman–Crippen LogP) is 1.20. The molecular weight excluding hydrogens is 196 g/mol. The normalized spacial score (nSPS) is 10.2. The van der Waals surface area contributed by atoms with E-state index in [9.17, 15) is 4.79 Å². The minimum Gasteiger partial charge on any atom is -0.345 e. The Morgan fingerprint density at radius 2 is 2.14 bits per heavy atom. The van der Waals surface area contributed by atoms with Crippen LogP contribution in [-0.2, 0) is 4.79 Å². The third-order valence-electron chi connectivity index (χ3n) is 2.02. The van der Waals surface area contributed by atoms with E-state index in [1.54, 1.807) is 4.90 Å². The van der Waals surface area contributed by atoms with E-state index in [1.165, 1.54) is 11.5 Å². The van der Waals surface area contributed by atoms with Gasteiger partial charge >= 0.3 is 0 Å². The molecule has 0 atom stereocenters. The zero-order valence-corrected chi connectivity index (χ0v) is 10.3. The molecule has 84 valence electrons. The maximum atomic E-state index is 11.3. The van der Waals surface area contributed by atoms with Gasteiger partial charge in [-0.1, -0.05) is 6.92 Å². The highest BCUT2D eigenvalue weighted by atomic mass is 32.2. The monoisotopic (exact) mass is 218 g/mol. The summed E-state index contributed by atoms with van der Waals surface area (Å²) in [6.07, 6.45) is 1.14. The molecule has 0 aromatic rings. The smallest absolute Gasteiger partial charge is 0.236 e. The van der Waals surface area contributed by atoms with Crippen LogP contribution in [0.25, 0.3) is 0 Å². The summed E-state index contributed by atoms with van der Waals surface area (Å²) in [5.41, 5.74) is 0. The van der Waals surface area contributed by atoms with Gasteiger partial charge in [0.05, 0.1) is 6.54 Å². The van der Waals surface area contributed by atoms with Gasteiger partial charge in [0, 0.05) is 13.6 Å². The number of nitrogens with one attached hydrogen (secondary N) is 1. The lowest BCUT2D eigenvalue weighted by Gasteiger charge is -2.14. The summed E-state index contributed by atoms with van der Waals surface area (Å²) in [5, 5.41) is 3.15. The SMILES string of the molecule is CCSCCCNCC(=O)N(C)CC. The molecule has 0 spiro atoms. The molecule has 0 aliphatic carbocycles. The molecule has 0 aromatic carbocycles. The summed E-state index contributed by atoms with van der Waals surface area (Å²) in [5.74, 6) is 2.54. The molecule has 0 heterocycles. The molecule has 3 nitrogen and oxygen atoms in total. The Morgan fingerprint density at radius 3 is 2.71 bits per heavy atom. The quantitative estimate of drug-likeness (QED) is 0.621. The lowest BCUT2D eigenvalue weighted by molar-refractivity contribution is -0.128. The fourth-order valence-electron chi connectivity index (χ4n) is 0.950. The third kappa shape index (κ3) is 7.21. The average molecular weight is 218 g/mol. The van der Waals surface area contributed by atoms with E-state index >= 15 is 0 Å². The van der Waals surface area contributed by atoms with Crippen molar-refractivity contribution in [1.29, 1.82) is 0 Å². The van der Waals surface area contributed by atoms with Gasteiger partial charge in [-0.05, 0) is 31.4 Å². The molecule has 0 radical (unpaired) electrons. The molecule has 0 aromatic heterocycles. The first-order chi connectivity index (χ1) is 6.72.